The third kappa shape index (κ3) is 3.54. The van der Waals surface area contributed by atoms with Gasteiger partial charge in [-0.1, -0.05) is 13.8 Å². The van der Waals surface area contributed by atoms with Crippen LogP contribution in [0.5, 0.6) is 0 Å². The van der Waals surface area contributed by atoms with E-state index in [2.05, 4.69) is 25.9 Å². The maximum absolute atomic E-state index is 12.7. The Kier molecular flexibility index (Phi) is 5.20. The highest BCUT2D eigenvalue weighted by molar-refractivity contribution is 5.86. The normalized spacial score (nSPS) is 27.5. The van der Waals surface area contributed by atoms with E-state index in [0.29, 0.717) is 19.0 Å². The van der Waals surface area contributed by atoms with Crippen molar-refractivity contribution in [2.45, 2.75) is 65.3 Å². The Morgan fingerprint density at radius 1 is 1.52 bits per heavy atom. The van der Waals surface area contributed by atoms with Gasteiger partial charge in [0.25, 0.3) is 0 Å². The van der Waals surface area contributed by atoms with E-state index in [9.17, 15) is 4.79 Å². The van der Waals surface area contributed by atoms with Crippen LogP contribution in [0, 0.1) is 11.3 Å². The summed E-state index contributed by atoms with van der Waals surface area (Å²) in [6.07, 6.45) is 7.56. The molecule has 1 heterocycles. The van der Waals surface area contributed by atoms with Gasteiger partial charge in [-0.15, -0.1) is 0 Å². The number of nitrogens with zero attached hydrogens (tertiary/aromatic N) is 2. The topological polar surface area (TPSA) is 60.9 Å². The maximum atomic E-state index is 12.7. The molecule has 4 heteroatoms. The summed E-state index contributed by atoms with van der Waals surface area (Å²) in [5.41, 5.74) is 6.55. The van der Waals surface area contributed by atoms with Crippen molar-refractivity contribution in [2.24, 2.45) is 17.1 Å². The standard InChI is InChI=1S/C17H29N3O/c1-4-14(3)20-10-7-15(19-20)11-16(21)17(12-18)8-5-13(2)6-9-17/h7,10,13-14H,4-6,8-9,11-12,18H2,1-3H3. The summed E-state index contributed by atoms with van der Waals surface area (Å²) < 4.78 is 1.96. The summed E-state index contributed by atoms with van der Waals surface area (Å²) in [6.45, 7) is 7.02. The van der Waals surface area contributed by atoms with Gasteiger partial charge in [0.15, 0.2) is 0 Å². The number of hydrogen-bond acceptors (Lipinski definition) is 3. The zero-order valence-corrected chi connectivity index (χ0v) is 13.6. The Balaban J connectivity index is 2.04. The van der Waals surface area contributed by atoms with Crippen molar-refractivity contribution in [2.75, 3.05) is 6.54 Å². The molecule has 118 valence electrons. The molecule has 0 saturated heterocycles. The van der Waals surface area contributed by atoms with Gasteiger partial charge in [-0.05, 0) is 51.0 Å². The molecular formula is C17H29N3O. The third-order valence-corrected chi connectivity index (χ3v) is 5.26. The van der Waals surface area contributed by atoms with Crippen LogP contribution in [0.25, 0.3) is 0 Å². The minimum Gasteiger partial charge on any atom is -0.329 e. The summed E-state index contributed by atoms with van der Waals surface area (Å²) in [6, 6.07) is 2.35. The van der Waals surface area contributed by atoms with E-state index < -0.39 is 0 Å². The lowest BCUT2D eigenvalue weighted by atomic mass is 9.67. The van der Waals surface area contributed by atoms with Gasteiger partial charge in [0, 0.05) is 24.2 Å². The summed E-state index contributed by atoms with van der Waals surface area (Å²) in [4.78, 5) is 12.7. The van der Waals surface area contributed by atoms with E-state index in [0.717, 1.165) is 43.7 Å². The fourth-order valence-corrected chi connectivity index (χ4v) is 3.17. The Bertz CT molecular complexity index is 472. The SMILES string of the molecule is CCC(C)n1ccc(CC(=O)C2(CN)CCC(C)CC2)n1. The Hall–Kier alpha value is -1.16. The van der Waals surface area contributed by atoms with Crippen molar-refractivity contribution < 1.29 is 4.79 Å². The zero-order valence-electron chi connectivity index (χ0n) is 13.6. The molecule has 4 nitrogen and oxygen atoms in total. The third-order valence-electron chi connectivity index (χ3n) is 5.26. The first kappa shape index (κ1) is 16.2. The maximum Gasteiger partial charge on any atom is 0.146 e. The second-order valence-electron chi connectivity index (χ2n) is 6.81. The molecule has 1 aliphatic carbocycles. The molecule has 0 spiro atoms. The Morgan fingerprint density at radius 3 is 2.76 bits per heavy atom. The second kappa shape index (κ2) is 6.73. The first-order chi connectivity index (χ1) is 10.0. The number of hydrogen-bond donors (Lipinski definition) is 1. The number of ketones is 1. The highest BCUT2D eigenvalue weighted by Gasteiger charge is 2.39. The Labute approximate surface area is 128 Å². The fourth-order valence-electron chi connectivity index (χ4n) is 3.17. The van der Waals surface area contributed by atoms with Crippen molar-refractivity contribution >= 4 is 5.78 Å². The molecule has 0 amide bonds. The first-order valence-electron chi connectivity index (χ1n) is 8.28. The molecule has 2 rings (SSSR count). The monoisotopic (exact) mass is 291 g/mol. The van der Waals surface area contributed by atoms with Crippen LogP contribution in [-0.2, 0) is 11.2 Å². The van der Waals surface area contributed by atoms with Crippen molar-refractivity contribution in [1.29, 1.82) is 0 Å². The van der Waals surface area contributed by atoms with E-state index in [1.165, 1.54) is 0 Å². The number of nitrogens with two attached hydrogens (primary N) is 1. The van der Waals surface area contributed by atoms with Gasteiger partial charge in [0.2, 0.25) is 0 Å². The van der Waals surface area contributed by atoms with Crippen LogP contribution in [0.15, 0.2) is 12.3 Å². The van der Waals surface area contributed by atoms with E-state index >= 15 is 0 Å². The van der Waals surface area contributed by atoms with Crippen molar-refractivity contribution in [3.63, 3.8) is 0 Å². The summed E-state index contributed by atoms with van der Waals surface area (Å²) >= 11 is 0. The predicted molar refractivity (Wildman–Crippen MR) is 85.1 cm³/mol. The Morgan fingerprint density at radius 2 is 2.19 bits per heavy atom. The lowest BCUT2D eigenvalue weighted by molar-refractivity contribution is -0.129. The van der Waals surface area contributed by atoms with Gasteiger partial charge in [-0.3, -0.25) is 9.48 Å². The van der Waals surface area contributed by atoms with E-state index in [1.807, 2.05) is 16.9 Å². The summed E-state index contributed by atoms with van der Waals surface area (Å²) in [7, 11) is 0. The van der Waals surface area contributed by atoms with Crippen LogP contribution < -0.4 is 5.73 Å². The smallest absolute Gasteiger partial charge is 0.146 e. The van der Waals surface area contributed by atoms with Crippen molar-refractivity contribution in [3.8, 4) is 0 Å². The molecular weight excluding hydrogens is 262 g/mol. The number of rotatable bonds is 6. The highest BCUT2D eigenvalue weighted by atomic mass is 16.1. The van der Waals surface area contributed by atoms with Gasteiger partial charge < -0.3 is 5.73 Å². The van der Waals surface area contributed by atoms with Crippen LogP contribution in [0.1, 0.15) is 64.6 Å². The first-order valence-corrected chi connectivity index (χ1v) is 8.28. The molecule has 0 aliphatic heterocycles. The minimum atomic E-state index is -0.299. The van der Waals surface area contributed by atoms with Gasteiger partial charge in [-0.25, -0.2) is 0 Å². The number of carbonyl (C=O) groups excluding carboxylic acids is 1. The molecule has 0 bridgehead atoms. The lowest BCUT2D eigenvalue weighted by Crippen LogP contribution is -2.42. The van der Waals surface area contributed by atoms with Crippen LogP contribution in [0.4, 0.5) is 0 Å². The summed E-state index contributed by atoms with van der Waals surface area (Å²) in [5, 5.41) is 4.55. The quantitative estimate of drug-likeness (QED) is 0.876. The average Bonchev–Trinajstić information content (AvgIpc) is 2.96. The molecule has 1 atom stereocenters. The number of Topliss-reactive ketones (excluding diaryl/α,β-unsaturated/α-hetero) is 1. The number of aromatic nitrogens is 2. The molecule has 21 heavy (non-hydrogen) atoms. The van der Waals surface area contributed by atoms with E-state index in [4.69, 9.17) is 5.73 Å². The zero-order chi connectivity index (χ0) is 15.5. The van der Waals surface area contributed by atoms with Gasteiger partial charge in [-0.2, -0.15) is 5.10 Å². The molecule has 0 radical (unpaired) electrons. The van der Waals surface area contributed by atoms with Crippen LogP contribution in [-0.4, -0.2) is 22.1 Å². The minimum absolute atomic E-state index is 0.284. The highest BCUT2D eigenvalue weighted by Crippen LogP contribution is 2.39. The van der Waals surface area contributed by atoms with E-state index in [-0.39, 0.29) is 11.2 Å². The lowest BCUT2D eigenvalue weighted by Gasteiger charge is -2.37. The van der Waals surface area contributed by atoms with Gasteiger partial charge in [0.05, 0.1) is 12.1 Å². The van der Waals surface area contributed by atoms with Crippen molar-refractivity contribution in [3.05, 3.63) is 18.0 Å². The molecule has 2 N–H and O–H groups in total. The molecule has 1 unspecified atom stereocenters. The molecule has 0 aromatic carbocycles. The van der Waals surface area contributed by atoms with Crippen LogP contribution in [0.3, 0.4) is 0 Å². The van der Waals surface area contributed by atoms with Crippen LogP contribution in [0.2, 0.25) is 0 Å². The van der Waals surface area contributed by atoms with Gasteiger partial charge in [0.1, 0.15) is 5.78 Å². The average molecular weight is 291 g/mol. The van der Waals surface area contributed by atoms with Crippen LogP contribution >= 0.6 is 0 Å². The summed E-state index contributed by atoms with van der Waals surface area (Å²) in [5.74, 6) is 1.01. The molecule has 1 fully saturated rings. The van der Waals surface area contributed by atoms with Gasteiger partial charge >= 0.3 is 0 Å². The largest absolute Gasteiger partial charge is 0.329 e. The molecule has 1 aromatic rings. The van der Waals surface area contributed by atoms with Crippen molar-refractivity contribution in [1.82, 2.24) is 9.78 Å². The predicted octanol–water partition coefficient (Wildman–Crippen LogP) is 3.12. The molecule has 1 saturated carbocycles. The van der Waals surface area contributed by atoms with E-state index in [1.54, 1.807) is 0 Å². The second-order valence-corrected chi connectivity index (χ2v) is 6.81. The number of carbonyl (C=O) groups is 1. The molecule has 1 aliphatic rings. The fraction of sp³-hybridized carbons (Fsp3) is 0.765. The molecule has 1 aromatic heterocycles.